The van der Waals surface area contributed by atoms with Crippen molar-refractivity contribution in [2.24, 2.45) is 0 Å². The lowest BCUT2D eigenvalue weighted by Crippen LogP contribution is -2.42. The van der Waals surface area contributed by atoms with E-state index >= 15 is 0 Å². The van der Waals surface area contributed by atoms with Gasteiger partial charge >= 0.3 is 13.8 Å². The number of ether oxygens (including phenoxy) is 1. The van der Waals surface area contributed by atoms with Crippen LogP contribution in [0.3, 0.4) is 0 Å². The van der Waals surface area contributed by atoms with Gasteiger partial charge in [-0.25, -0.2) is 4.57 Å². The molecule has 0 fully saturated rings. The van der Waals surface area contributed by atoms with Gasteiger partial charge in [-0.1, -0.05) is 165 Å². The largest absolute Gasteiger partial charge is 0.473 e. The maximum atomic E-state index is 13.4. The third kappa shape index (κ3) is 36.5. The van der Waals surface area contributed by atoms with Crippen molar-refractivity contribution in [2.75, 3.05) is 40.9 Å². The molecule has 0 heterocycles. The van der Waals surface area contributed by atoms with Crippen LogP contribution in [-0.4, -0.2) is 79.3 Å². The molecule has 0 spiro atoms. The van der Waals surface area contributed by atoms with Crippen molar-refractivity contribution in [3.8, 4) is 0 Å². The molecular weight excluding hydrogens is 725 g/mol. The Labute approximate surface area is 343 Å². The minimum absolute atomic E-state index is 0.0711. The fourth-order valence-corrected chi connectivity index (χ4v) is 7.01. The van der Waals surface area contributed by atoms with E-state index < -0.39 is 38.4 Å². The Morgan fingerprint density at radius 1 is 0.607 bits per heavy atom. The average molecular weight is 811 g/mol. The molecule has 9 nitrogen and oxygen atoms in total. The summed E-state index contributed by atoms with van der Waals surface area (Å²) in [6.45, 7) is 4.11. The number of aliphatic hydroxyl groups is 1. The van der Waals surface area contributed by atoms with Gasteiger partial charge in [0.1, 0.15) is 13.2 Å². The van der Waals surface area contributed by atoms with Crippen LogP contribution in [0, 0.1) is 0 Å². The smallest absolute Gasteiger partial charge is 0.457 e. The zero-order valence-electron chi connectivity index (χ0n) is 36.5. The fourth-order valence-electron chi connectivity index (χ4n) is 6.10. The number of aliphatic hydroxyl groups excluding tert-OH is 1. The number of Topliss-reactive ketones (excluding diaryl/α,β-unsaturated/α-hetero) is 1. The summed E-state index contributed by atoms with van der Waals surface area (Å²) in [7, 11) is 1.07. The minimum Gasteiger partial charge on any atom is -0.457 e. The molecule has 10 heteroatoms. The highest BCUT2D eigenvalue weighted by Gasteiger charge is 2.38. The molecule has 0 aliphatic heterocycles. The van der Waals surface area contributed by atoms with E-state index in [-0.39, 0.29) is 19.4 Å². The van der Waals surface area contributed by atoms with Gasteiger partial charge in [-0.2, -0.15) is 0 Å². The molecule has 0 rings (SSSR count). The first-order chi connectivity index (χ1) is 27.0. The molecule has 3 atom stereocenters. The van der Waals surface area contributed by atoms with Crippen LogP contribution in [0.1, 0.15) is 181 Å². The molecule has 0 aromatic rings. The molecule has 2 unspecified atom stereocenters. The van der Waals surface area contributed by atoms with Crippen LogP contribution in [-0.2, 0) is 27.9 Å². The summed E-state index contributed by atoms with van der Waals surface area (Å²) in [6.07, 6.45) is 41.1. The first-order valence-electron chi connectivity index (χ1n) is 22.3. The molecule has 56 heavy (non-hydrogen) atoms. The van der Waals surface area contributed by atoms with Crippen molar-refractivity contribution >= 4 is 19.6 Å². The van der Waals surface area contributed by atoms with E-state index in [1.54, 1.807) is 0 Å². The summed E-state index contributed by atoms with van der Waals surface area (Å²) in [5, 5.41) is 10.1. The number of hydrogen-bond acceptors (Lipinski definition) is 7. The number of likely N-dealkylation sites (N-methyl/N-ethyl adjacent to an activating group) is 1. The molecule has 326 valence electrons. The van der Waals surface area contributed by atoms with Crippen LogP contribution < -0.4 is 0 Å². The van der Waals surface area contributed by atoms with Crippen LogP contribution >= 0.6 is 7.82 Å². The summed E-state index contributed by atoms with van der Waals surface area (Å²) in [5.41, 5.74) is 0. The minimum atomic E-state index is -4.68. The Balaban J connectivity index is 4.71. The molecule has 2 N–H and O–H groups in total. The SMILES string of the molecule is CCCCC/C=C\C/C=C\C/C=C\C/C=C\CCCC(=O)O[C@@H](CO)C(OP(=O)(O)OCC[N+](C)(C)C)C(=O)CCCCCCCCCCCCCCCCC. The summed E-state index contributed by atoms with van der Waals surface area (Å²) < 4.78 is 29.4. The van der Waals surface area contributed by atoms with E-state index in [0.717, 1.165) is 44.9 Å². The molecule has 0 saturated carbocycles. The second kappa shape index (κ2) is 37.4. The quantitative estimate of drug-likeness (QED) is 0.0206. The van der Waals surface area contributed by atoms with Crippen LogP contribution in [0.5, 0.6) is 0 Å². The lowest BCUT2D eigenvalue weighted by atomic mass is 10.0. The third-order valence-corrected chi connectivity index (χ3v) is 10.6. The van der Waals surface area contributed by atoms with Crippen molar-refractivity contribution < 1.29 is 42.4 Å². The monoisotopic (exact) mass is 811 g/mol. The van der Waals surface area contributed by atoms with Gasteiger partial charge in [-0.3, -0.25) is 18.6 Å². The summed E-state index contributed by atoms with van der Waals surface area (Å²) in [4.78, 5) is 36.6. The summed E-state index contributed by atoms with van der Waals surface area (Å²) >= 11 is 0. The van der Waals surface area contributed by atoms with E-state index in [4.69, 9.17) is 13.8 Å². The Hall–Kier alpha value is -1.87. The Kier molecular flexibility index (Phi) is 36.2. The standard InChI is InChI=1S/C46H84NO8P/c1-6-8-10-12-14-16-18-20-22-23-25-27-29-31-33-35-37-39-45(50)54-44(42-48)46(55-56(51,52)53-41-40-47(3,4)5)43(49)38-36-34-32-30-28-26-24-21-19-17-15-13-11-9-7-2/h14,16,20,22,25,27,31,33,44,46,48H,6-13,15,17-19,21,23-24,26,28-30,32,34-42H2,1-5H3/p+1/b16-14-,22-20-,27-25-,33-31-/t44-,46?/m0/s1. The Morgan fingerprint density at radius 3 is 1.50 bits per heavy atom. The predicted octanol–water partition coefficient (Wildman–Crippen LogP) is 12.1. The number of quaternary nitrogens is 1. The Bertz CT molecular complexity index is 1110. The number of carbonyl (C=O) groups is 2. The zero-order chi connectivity index (χ0) is 41.6. The lowest BCUT2D eigenvalue weighted by Gasteiger charge is -2.27. The second-order valence-electron chi connectivity index (χ2n) is 16.2. The molecule has 0 aliphatic carbocycles. The highest BCUT2D eigenvalue weighted by molar-refractivity contribution is 7.47. The second-order valence-corrected chi connectivity index (χ2v) is 17.6. The van der Waals surface area contributed by atoms with Gasteiger partial charge in [0.05, 0.1) is 27.7 Å². The number of unbranched alkanes of at least 4 members (excludes halogenated alkanes) is 18. The highest BCUT2D eigenvalue weighted by atomic mass is 31.2. The first kappa shape index (κ1) is 54.1. The van der Waals surface area contributed by atoms with Crippen molar-refractivity contribution in [1.29, 1.82) is 0 Å². The van der Waals surface area contributed by atoms with E-state index in [2.05, 4.69) is 56.4 Å². The van der Waals surface area contributed by atoms with Crippen LogP contribution in [0.2, 0.25) is 0 Å². The maximum Gasteiger partial charge on any atom is 0.473 e. The van der Waals surface area contributed by atoms with E-state index in [9.17, 15) is 24.2 Å². The number of ketones is 1. The van der Waals surface area contributed by atoms with Crippen molar-refractivity contribution in [1.82, 2.24) is 0 Å². The molecule has 0 aromatic heterocycles. The highest BCUT2D eigenvalue weighted by Crippen LogP contribution is 2.45. The number of phosphoric ester groups is 1. The van der Waals surface area contributed by atoms with Gasteiger partial charge in [0, 0.05) is 12.8 Å². The van der Waals surface area contributed by atoms with Gasteiger partial charge in [0.2, 0.25) is 0 Å². The molecule has 0 amide bonds. The molecule has 0 aromatic carbocycles. The molecular formula is C46H85NO8P+. The fraction of sp³-hybridized carbons (Fsp3) is 0.783. The number of allylic oxidation sites excluding steroid dienone is 8. The zero-order valence-corrected chi connectivity index (χ0v) is 37.4. The number of rotatable bonds is 40. The van der Waals surface area contributed by atoms with Crippen LogP contribution in [0.4, 0.5) is 0 Å². The van der Waals surface area contributed by atoms with E-state index in [0.29, 0.717) is 30.3 Å². The van der Waals surface area contributed by atoms with Gasteiger partial charge in [0.15, 0.2) is 18.0 Å². The average Bonchev–Trinajstić information content (AvgIpc) is 3.15. The summed E-state index contributed by atoms with van der Waals surface area (Å²) in [6, 6.07) is 0. The molecule has 0 bridgehead atoms. The topological polar surface area (TPSA) is 119 Å². The Morgan fingerprint density at radius 2 is 1.04 bits per heavy atom. The number of carbonyl (C=O) groups excluding carboxylic acids is 2. The molecule has 0 saturated heterocycles. The van der Waals surface area contributed by atoms with Crippen LogP contribution in [0.25, 0.3) is 0 Å². The predicted molar refractivity (Wildman–Crippen MR) is 233 cm³/mol. The number of hydrogen-bond donors (Lipinski definition) is 2. The van der Waals surface area contributed by atoms with Gasteiger partial charge in [0.25, 0.3) is 0 Å². The molecule has 0 radical (unpaired) electrons. The molecule has 0 aliphatic rings. The van der Waals surface area contributed by atoms with Gasteiger partial charge in [-0.05, 0) is 51.4 Å². The first-order valence-corrected chi connectivity index (χ1v) is 23.8. The summed E-state index contributed by atoms with van der Waals surface area (Å²) in [5.74, 6) is -1.09. The number of nitrogens with zero attached hydrogens (tertiary/aromatic N) is 1. The number of esters is 1. The third-order valence-electron chi connectivity index (χ3n) is 9.62. The van der Waals surface area contributed by atoms with E-state index in [1.807, 2.05) is 27.2 Å². The van der Waals surface area contributed by atoms with Crippen molar-refractivity contribution in [3.05, 3.63) is 48.6 Å². The van der Waals surface area contributed by atoms with Crippen molar-refractivity contribution in [3.63, 3.8) is 0 Å². The lowest BCUT2D eigenvalue weighted by molar-refractivity contribution is -0.870. The normalized spacial score (nSPS) is 14.7. The van der Waals surface area contributed by atoms with Gasteiger partial charge in [-0.15, -0.1) is 0 Å². The van der Waals surface area contributed by atoms with E-state index in [1.165, 1.54) is 89.9 Å². The number of phosphoric acid groups is 1. The maximum absolute atomic E-state index is 13.4. The van der Waals surface area contributed by atoms with Gasteiger partial charge < -0.3 is 19.2 Å². The van der Waals surface area contributed by atoms with Crippen molar-refractivity contribution in [2.45, 2.75) is 193 Å². The van der Waals surface area contributed by atoms with Crippen LogP contribution in [0.15, 0.2) is 48.6 Å².